The Kier molecular flexibility index (Phi) is 9.00. The second kappa shape index (κ2) is 10.4. The first-order chi connectivity index (χ1) is 8.86. The van der Waals surface area contributed by atoms with Gasteiger partial charge in [-0.2, -0.15) is 11.8 Å². The van der Waals surface area contributed by atoms with Crippen LogP contribution in [0.5, 0.6) is 0 Å². The molecule has 0 saturated heterocycles. The summed E-state index contributed by atoms with van der Waals surface area (Å²) < 4.78 is 5.10. The average Bonchev–Trinajstić information content (AvgIpc) is 2.40. The second-order valence-corrected chi connectivity index (χ2v) is 5.47. The zero-order chi connectivity index (χ0) is 13.1. The molecule has 0 amide bonds. The molecule has 0 saturated carbocycles. The first-order valence-electron chi connectivity index (χ1n) is 6.63. The van der Waals surface area contributed by atoms with Gasteiger partial charge in [-0.1, -0.05) is 30.7 Å². The number of hydrogen-bond acceptors (Lipinski definition) is 3. The van der Waals surface area contributed by atoms with Gasteiger partial charge < -0.3 is 10.1 Å². The fourth-order valence-corrected chi connectivity index (χ4v) is 2.32. The third-order valence-electron chi connectivity index (χ3n) is 2.87. The molecule has 2 nitrogen and oxygen atoms in total. The van der Waals surface area contributed by atoms with E-state index in [4.69, 9.17) is 4.74 Å². The van der Waals surface area contributed by atoms with Gasteiger partial charge in [0, 0.05) is 13.7 Å². The Morgan fingerprint density at radius 1 is 1.06 bits per heavy atom. The van der Waals surface area contributed by atoms with E-state index in [2.05, 4.69) is 35.8 Å². The van der Waals surface area contributed by atoms with Crippen molar-refractivity contribution >= 4 is 11.8 Å². The monoisotopic (exact) mass is 267 g/mol. The van der Waals surface area contributed by atoms with Crippen LogP contribution in [0.15, 0.2) is 24.3 Å². The molecule has 0 fully saturated rings. The summed E-state index contributed by atoms with van der Waals surface area (Å²) in [7, 11) is 1.73. The number of unbranched alkanes of at least 4 members (excludes halogenated alkanes) is 2. The number of hydrogen-bond donors (Lipinski definition) is 1. The molecule has 0 radical (unpaired) electrons. The molecular weight excluding hydrogens is 242 g/mol. The molecule has 1 rings (SSSR count). The minimum absolute atomic E-state index is 0.698. The van der Waals surface area contributed by atoms with Crippen molar-refractivity contribution in [2.75, 3.05) is 25.7 Å². The van der Waals surface area contributed by atoms with Crippen molar-refractivity contribution in [3.8, 4) is 0 Å². The smallest absolute Gasteiger partial charge is 0.0713 e. The van der Waals surface area contributed by atoms with Gasteiger partial charge in [-0.25, -0.2) is 0 Å². The molecule has 3 heteroatoms. The van der Waals surface area contributed by atoms with E-state index in [1.807, 2.05) is 11.8 Å². The SMILES string of the molecule is COCc1ccc(CNCCCCCSC)cc1. The molecule has 0 unspecified atom stereocenters. The van der Waals surface area contributed by atoms with Crippen LogP contribution in [-0.2, 0) is 17.9 Å². The number of rotatable bonds is 10. The van der Waals surface area contributed by atoms with Crippen LogP contribution < -0.4 is 5.32 Å². The van der Waals surface area contributed by atoms with Crippen molar-refractivity contribution < 1.29 is 4.74 Å². The summed E-state index contributed by atoms with van der Waals surface area (Å²) in [5, 5.41) is 3.49. The Bertz CT molecular complexity index is 300. The van der Waals surface area contributed by atoms with Crippen molar-refractivity contribution in [3.63, 3.8) is 0 Å². The van der Waals surface area contributed by atoms with Gasteiger partial charge in [-0.3, -0.25) is 0 Å². The molecule has 0 aromatic heterocycles. The van der Waals surface area contributed by atoms with Crippen LogP contribution in [0.25, 0.3) is 0 Å². The van der Waals surface area contributed by atoms with E-state index in [0.717, 1.165) is 13.1 Å². The fourth-order valence-electron chi connectivity index (χ4n) is 1.83. The highest BCUT2D eigenvalue weighted by molar-refractivity contribution is 7.98. The molecule has 0 atom stereocenters. The lowest BCUT2D eigenvalue weighted by Gasteiger charge is -2.06. The normalized spacial score (nSPS) is 10.8. The highest BCUT2D eigenvalue weighted by Gasteiger charge is 1.95. The number of nitrogens with one attached hydrogen (secondary N) is 1. The van der Waals surface area contributed by atoms with Crippen molar-refractivity contribution in [3.05, 3.63) is 35.4 Å². The lowest BCUT2D eigenvalue weighted by molar-refractivity contribution is 0.185. The molecule has 0 bridgehead atoms. The van der Waals surface area contributed by atoms with Gasteiger partial charge in [0.25, 0.3) is 0 Å². The minimum Gasteiger partial charge on any atom is -0.380 e. The van der Waals surface area contributed by atoms with E-state index in [1.54, 1.807) is 7.11 Å². The summed E-state index contributed by atoms with van der Waals surface area (Å²) in [5.74, 6) is 1.29. The molecule has 0 spiro atoms. The molecule has 0 heterocycles. The van der Waals surface area contributed by atoms with E-state index >= 15 is 0 Å². The Labute approximate surface area is 116 Å². The lowest BCUT2D eigenvalue weighted by Crippen LogP contribution is -2.14. The first kappa shape index (κ1) is 15.5. The zero-order valence-electron chi connectivity index (χ0n) is 11.6. The Hall–Kier alpha value is -0.510. The highest BCUT2D eigenvalue weighted by atomic mass is 32.2. The Balaban J connectivity index is 2.08. The average molecular weight is 267 g/mol. The van der Waals surface area contributed by atoms with Crippen LogP contribution >= 0.6 is 11.8 Å². The second-order valence-electron chi connectivity index (χ2n) is 4.48. The standard InChI is InChI=1S/C15H25NOS/c1-17-13-15-8-6-14(7-9-15)12-16-10-4-3-5-11-18-2/h6-9,16H,3-5,10-13H2,1-2H3. The van der Waals surface area contributed by atoms with Crippen molar-refractivity contribution in [2.45, 2.75) is 32.4 Å². The van der Waals surface area contributed by atoms with Crippen LogP contribution in [0.4, 0.5) is 0 Å². The van der Waals surface area contributed by atoms with E-state index in [-0.39, 0.29) is 0 Å². The van der Waals surface area contributed by atoms with E-state index in [0.29, 0.717) is 6.61 Å². The number of benzene rings is 1. The fraction of sp³-hybridized carbons (Fsp3) is 0.600. The number of ether oxygens (including phenoxy) is 1. The molecule has 0 aliphatic carbocycles. The molecular formula is C15H25NOS. The molecule has 1 aromatic carbocycles. The van der Waals surface area contributed by atoms with Crippen LogP contribution in [0.1, 0.15) is 30.4 Å². The van der Waals surface area contributed by atoms with Gasteiger partial charge in [-0.05, 0) is 42.5 Å². The van der Waals surface area contributed by atoms with Gasteiger partial charge >= 0.3 is 0 Å². The largest absolute Gasteiger partial charge is 0.380 e. The first-order valence-corrected chi connectivity index (χ1v) is 8.02. The number of methoxy groups -OCH3 is 1. The Morgan fingerprint density at radius 2 is 1.78 bits per heavy atom. The van der Waals surface area contributed by atoms with Gasteiger partial charge in [-0.15, -0.1) is 0 Å². The van der Waals surface area contributed by atoms with E-state index < -0.39 is 0 Å². The quantitative estimate of drug-likeness (QED) is 0.656. The molecule has 0 aliphatic rings. The van der Waals surface area contributed by atoms with Crippen LogP contribution in [0.2, 0.25) is 0 Å². The maximum atomic E-state index is 5.10. The predicted octanol–water partition coefficient (Wildman–Crippen LogP) is 3.46. The molecule has 102 valence electrons. The molecule has 18 heavy (non-hydrogen) atoms. The molecule has 1 aromatic rings. The van der Waals surface area contributed by atoms with Crippen LogP contribution in [0.3, 0.4) is 0 Å². The topological polar surface area (TPSA) is 21.3 Å². The van der Waals surface area contributed by atoms with E-state index in [9.17, 15) is 0 Å². The predicted molar refractivity (Wildman–Crippen MR) is 81.1 cm³/mol. The zero-order valence-corrected chi connectivity index (χ0v) is 12.4. The summed E-state index contributed by atoms with van der Waals surface area (Å²) in [4.78, 5) is 0. The minimum atomic E-state index is 0.698. The summed E-state index contributed by atoms with van der Waals surface area (Å²) >= 11 is 1.94. The maximum absolute atomic E-state index is 5.10. The Morgan fingerprint density at radius 3 is 2.44 bits per heavy atom. The third kappa shape index (κ3) is 7.04. The van der Waals surface area contributed by atoms with Gasteiger partial charge in [0.05, 0.1) is 6.61 Å². The maximum Gasteiger partial charge on any atom is 0.0713 e. The van der Waals surface area contributed by atoms with Crippen molar-refractivity contribution in [1.29, 1.82) is 0 Å². The van der Waals surface area contributed by atoms with Gasteiger partial charge in [0.15, 0.2) is 0 Å². The van der Waals surface area contributed by atoms with Crippen molar-refractivity contribution in [2.24, 2.45) is 0 Å². The van der Waals surface area contributed by atoms with Crippen LogP contribution in [-0.4, -0.2) is 25.7 Å². The summed E-state index contributed by atoms with van der Waals surface area (Å²) in [6.07, 6.45) is 6.13. The van der Waals surface area contributed by atoms with E-state index in [1.165, 1.54) is 36.1 Å². The summed E-state index contributed by atoms with van der Waals surface area (Å²) in [6, 6.07) is 8.63. The molecule has 0 aliphatic heterocycles. The lowest BCUT2D eigenvalue weighted by atomic mass is 10.1. The number of thioether (sulfide) groups is 1. The van der Waals surface area contributed by atoms with Crippen molar-refractivity contribution in [1.82, 2.24) is 5.32 Å². The van der Waals surface area contributed by atoms with Crippen LogP contribution in [0, 0.1) is 0 Å². The van der Waals surface area contributed by atoms with Gasteiger partial charge in [0.1, 0.15) is 0 Å². The molecule has 1 N–H and O–H groups in total. The van der Waals surface area contributed by atoms with Gasteiger partial charge in [0.2, 0.25) is 0 Å². The third-order valence-corrected chi connectivity index (χ3v) is 3.56. The summed E-state index contributed by atoms with van der Waals surface area (Å²) in [5.41, 5.74) is 2.58. The summed E-state index contributed by atoms with van der Waals surface area (Å²) in [6.45, 7) is 2.78. The highest BCUT2D eigenvalue weighted by Crippen LogP contribution is 2.05.